The second-order valence-corrected chi connectivity index (χ2v) is 3.30. The Bertz CT molecular complexity index is 194. The van der Waals surface area contributed by atoms with Gasteiger partial charge < -0.3 is 5.32 Å². The molecule has 1 nitrogen and oxygen atoms in total. The molecule has 0 unspecified atom stereocenters. The van der Waals surface area contributed by atoms with Crippen molar-refractivity contribution >= 4 is 0 Å². The molecule has 0 aliphatic carbocycles. The normalized spacial score (nSPS) is 8.31. The summed E-state index contributed by atoms with van der Waals surface area (Å²) in [4.78, 5) is 0. The van der Waals surface area contributed by atoms with Crippen LogP contribution in [0.3, 0.4) is 0 Å². The van der Waals surface area contributed by atoms with Crippen molar-refractivity contribution in [1.29, 1.82) is 0 Å². The molecule has 0 aliphatic heterocycles. The highest BCUT2D eigenvalue weighted by molar-refractivity contribution is 5.14. The van der Waals surface area contributed by atoms with Crippen molar-refractivity contribution < 1.29 is 0 Å². The molecule has 0 radical (unpaired) electrons. The zero-order valence-corrected chi connectivity index (χ0v) is 11.7. The Balaban J connectivity index is 0. The third kappa shape index (κ3) is 13.2. The standard InChI is InChI=1S/C10H15N.C3H8.C2H6/c1-2-11-9-8-10-6-4-3-5-7-10;1-3-2;1-2/h3-7,11H,2,8-9H2,1H3;3H2,1-2H3;1-2H3. The highest BCUT2D eigenvalue weighted by atomic mass is 14.8. The number of benzene rings is 1. The van der Waals surface area contributed by atoms with Crippen LogP contribution in [0.5, 0.6) is 0 Å². The van der Waals surface area contributed by atoms with Crippen molar-refractivity contribution in [1.82, 2.24) is 5.32 Å². The molecule has 0 spiro atoms. The van der Waals surface area contributed by atoms with Gasteiger partial charge in [0.15, 0.2) is 0 Å². The first-order valence-corrected chi connectivity index (χ1v) is 6.59. The number of rotatable bonds is 4. The van der Waals surface area contributed by atoms with E-state index in [0.717, 1.165) is 19.5 Å². The Labute approximate surface area is 102 Å². The van der Waals surface area contributed by atoms with Crippen LogP contribution in [0.15, 0.2) is 30.3 Å². The summed E-state index contributed by atoms with van der Waals surface area (Å²) in [5.74, 6) is 0. The van der Waals surface area contributed by atoms with E-state index in [0.29, 0.717) is 0 Å². The third-order valence-electron chi connectivity index (χ3n) is 1.68. The summed E-state index contributed by atoms with van der Waals surface area (Å²) in [7, 11) is 0. The highest BCUT2D eigenvalue weighted by Gasteiger charge is 1.88. The first kappa shape index (κ1) is 17.6. The molecule has 0 fully saturated rings. The molecule has 0 atom stereocenters. The maximum atomic E-state index is 3.30. The largest absolute Gasteiger partial charge is 0.317 e. The van der Waals surface area contributed by atoms with Gasteiger partial charge in [-0.25, -0.2) is 0 Å². The smallest absolute Gasteiger partial charge is 0.000847 e. The van der Waals surface area contributed by atoms with Crippen molar-refractivity contribution in [2.45, 2.75) is 47.5 Å². The van der Waals surface area contributed by atoms with Gasteiger partial charge in [0.25, 0.3) is 0 Å². The van der Waals surface area contributed by atoms with Gasteiger partial charge in [0.05, 0.1) is 0 Å². The van der Waals surface area contributed by atoms with Crippen molar-refractivity contribution in [3.05, 3.63) is 35.9 Å². The van der Waals surface area contributed by atoms with E-state index in [1.807, 2.05) is 13.8 Å². The van der Waals surface area contributed by atoms with Crippen LogP contribution >= 0.6 is 0 Å². The van der Waals surface area contributed by atoms with Crippen LogP contribution in [-0.4, -0.2) is 13.1 Å². The van der Waals surface area contributed by atoms with Crippen molar-refractivity contribution in [3.63, 3.8) is 0 Å². The second kappa shape index (κ2) is 16.6. The molecule has 1 aromatic rings. The molecule has 94 valence electrons. The third-order valence-corrected chi connectivity index (χ3v) is 1.68. The Hall–Kier alpha value is -0.820. The quantitative estimate of drug-likeness (QED) is 0.751. The SMILES string of the molecule is CC.CCC.CCNCCc1ccccc1. The minimum Gasteiger partial charge on any atom is -0.317 e. The monoisotopic (exact) mass is 223 g/mol. The molecular weight excluding hydrogens is 194 g/mol. The predicted octanol–water partition coefficient (Wildman–Crippen LogP) is 4.28. The van der Waals surface area contributed by atoms with Crippen LogP contribution in [0.25, 0.3) is 0 Å². The van der Waals surface area contributed by atoms with E-state index in [2.05, 4.69) is 56.4 Å². The average molecular weight is 223 g/mol. The first-order valence-electron chi connectivity index (χ1n) is 6.59. The molecule has 1 rings (SSSR count). The molecule has 0 saturated carbocycles. The molecule has 0 amide bonds. The van der Waals surface area contributed by atoms with Crippen LogP contribution in [0.1, 0.15) is 46.6 Å². The summed E-state index contributed by atoms with van der Waals surface area (Å²) < 4.78 is 0. The summed E-state index contributed by atoms with van der Waals surface area (Å²) in [6, 6.07) is 10.5. The van der Waals surface area contributed by atoms with E-state index >= 15 is 0 Å². The van der Waals surface area contributed by atoms with Crippen LogP contribution in [0, 0.1) is 0 Å². The molecule has 0 aliphatic rings. The van der Waals surface area contributed by atoms with Crippen molar-refractivity contribution in [3.8, 4) is 0 Å². The van der Waals surface area contributed by atoms with Gasteiger partial charge in [-0.05, 0) is 25.1 Å². The fraction of sp³-hybridized carbons (Fsp3) is 0.600. The molecule has 0 saturated heterocycles. The minimum absolute atomic E-state index is 1.06. The van der Waals surface area contributed by atoms with E-state index in [-0.39, 0.29) is 0 Å². The molecule has 1 aromatic carbocycles. The summed E-state index contributed by atoms with van der Waals surface area (Å²) in [6.07, 6.45) is 2.38. The minimum atomic E-state index is 1.06. The van der Waals surface area contributed by atoms with Gasteiger partial charge in [-0.3, -0.25) is 0 Å². The lowest BCUT2D eigenvalue weighted by atomic mass is 10.1. The molecular formula is C15H29N. The zero-order valence-electron chi connectivity index (χ0n) is 11.7. The van der Waals surface area contributed by atoms with Crippen molar-refractivity contribution in [2.75, 3.05) is 13.1 Å². The number of likely N-dealkylation sites (N-methyl/N-ethyl adjacent to an activating group) is 1. The van der Waals surface area contributed by atoms with E-state index < -0.39 is 0 Å². The van der Waals surface area contributed by atoms with Crippen LogP contribution in [-0.2, 0) is 6.42 Å². The van der Waals surface area contributed by atoms with Gasteiger partial charge in [-0.15, -0.1) is 0 Å². The molecule has 0 bridgehead atoms. The average Bonchev–Trinajstić information content (AvgIpc) is 2.34. The lowest BCUT2D eigenvalue weighted by molar-refractivity contribution is 0.716. The Kier molecular flexibility index (Phi) is 18.2. The topological polar surface area (TPSA) is 12.0 Å². The van der Waals surface area contributed by atoms with Gasteiger partial charge >= 0.3 is 0 Å². The summed E-state index contributed by atoms with van der Waals surface area (Å²) in [5, 5.41) is 3.30. The van der Waals surface area contributed by atoms with E-state index in [4.69, 9.17) is 0 Å². The van der Waals surface area contributed by atoms with Crippen molar-refractivity contribution in [2.24, 2.45) is 0 Å². The predicted molar refractivity (Wildman–Crippen MR) is 76.0 cm³/mol. The fourth-order valence-corrected chi connectivity index (χ4v) is 1.05. The number of nitrogens with one attached hydrogen (secondary N) is 1. The van der Waals surface area contributed by atoms with E-state index in [1.54, 1.807) is 0 Å². The lowest BCUT2D eigenvalue weighted by Gasteiger charge is -2.00. The van der Waals surface area contributed by atoms with E-state index in [9.17, 15) is 0 Å². The van der Waals surface area contributed by atoms with Crippen LogP contribution in [0.4, 0.5) is 0 Å². The Morgan fingerprint density at radius 2 is 1.44 bits per heavy atom. The van der Waals surface area contributed by atoms with Gasteiger partial charge in [-0.1, -0.05) is 71.4 Å². The first-order chi connectivity index (χ1) is 7.85. The number of hydrogen-bond donors (Lipinski definition) is 1. The fourth-order valence-electron chi connectivity index (χ4n) is 1.05. The molecule has 1 N–H and O–H groups in total. The Morgan fingerprint density at radius 1 is 0.938 bits per heavy atom. The highest BCUT2D eigenvalue weighted by Crippen LogP contribution is 1.97. The van der Waals surface area contributed by atoms with Crippen LogP contribution in [0.2, 0.25) is 0 Å². The lowest BCUT2D eigenvalue weighted by Crippen LogP contribution is -2.15. The van der Waals surface area contributed by atoms with Crippen LogP contribution < -0.4 is 5.32 Å². The number of hydrogen-bond acceptors (Lipinski definition) is 1. The maximum Gasteiger partial charge on any atom is -0.000847 e. The Morgan fingerprint density at radius 3 is 1.88 bits per heavy atom. The summed E-state index contributed by atoms with van der Waals surface area (Å²) >= 11 is 0. The van der Waals surface area contributed by atoms with Gasteiger partial charge in [-0.2, -0.15) is 0 Å². The molecule has 0 heterocycles. The maximum absolute atomic E-state index is 3.30. The molecule has 1 heteroatoms. The van der Waals surface area contributed by atoms with E-state index in [1.165, 1.54) is 12.0 Å². The molecule has 16 heavy (non-hydrogen) atoms. The van der Waals surface area contributed by atoms with Gasteiger partial charge in [0.1, 0.15) is 0 Å². The zero-order chi connectivity index (χ0) is 12.6. The summed E-state index contributed by atoms with van der Waals surface area (Å²) in [6.45, 7) is 12.5. The van der Waals surface area contributed by atoms with Gasteiger partial charge in [0, 0.05) is 0 Å². The molecule has 0 aromatic heterocycles. The second-order valence-electron chi connectivity index (χ2n) is 3.30. The van der Waals surface area contributed by atoms with Gasteiger partial charge in [0.2, 0.25) is 0 Å². The summed E-state index contributed by atoms with van der Waals surface area (Å²) in [5.41, 5.74) is 1.41.